The monoisotopic (exact) mass is 307 g/mol. The largest absolute Gasteiger partial charge is 0.573 e. The van der Waals surface area contributed by atoms with Gasteiger partial charge in [0.05, 0.1) is 0 Å². The second kappa shape index (κ2) is 5.45. The Bertz CT molecular complexity index is 474. The molecule has 1 aromatic carbocycles. The first-order valence-corrected chi connectivity index (χ1v) is 6.52. The molecular formula is C14H17ClF3NO. The van der Waals surface area contributed by atoms with E-state index in [-0.39, 0.29) is 18.2 Å². The summed E-state index contributed by atoms with van der Waals surface area (Å²) in [7, 11) is 0. The fraction of sp³-hybridized carbons (Fsp3) is 0.571. The van der Waals surface area contributed by atoms with E-state index in [1.54, 1.807) is 6.07 Å². The van der Waals surface area contributed by atoms with E-state index in [2.05, 4.69) is 10.1 Å². The number of ether oxygens (including phenoxy) is 1. The van der Waals surface area contributed by atoms with Crippen molar-refractivity contribution in [3.63, 3.8) is 0 Å². The molecule has 2 nitrogen and oxygen atoms in total. The SMILES string of the molecule is Cl.FC(F)(F)Oc1cccc([C@@H]2CCC3(CNC3)C2)c1. The van der Waals surface area contributed by atoms with Crippen LogP contribution >= 0.6 is 12.4 Å². The normalized spacial score (nSPS) is 24.1. The summed E-state index contributed by atoms with van der Waals surface area (Å²) in [5.74, 6) is 0.247. The molecule has 1 atom stereocenters. The van der Waals surface area contributed by atoms with Gasteiger partial charge in [0.2, 0.25) is 0 Å². The Kier molecular flexibility index (Phi) is 4.21. The molecule has 1 N–H and O–H groups in total. The van der Waals surface area contributed by atoms with Gasteiger partial charge in [-0.2, -0.15) is 0 Å². The van der Waals surface area contributed by atoms with Gasteiger partial charge in [-0.3, -0.25) is 0 Å². The Morgan fingerprint density at radius 3 is 2.55 bits per heavy atom. The molecule has 6 heteroatoms. The summed E-state index contributed by atoms with van der Waals surface area (Å²) >= 11 is 0. The van der Waals surface area contributed by atoms with Crippen molar-refractivity contribution in [3.8, 4) is 5.75 Å². The standard InChI is InChI=1S/C14H16F3NO.ClH/c15-14(16,17)19-12-3-1-2-10(6-12)11-4-5-13(7-11)8-18-9-13;/h1-3,6,11,18H,4-5,7-9H2;1H/t11-;/m1./s1. The zero-order chi connectivity index (χ0) is 13.5. The fourth-order valence-electron chi connectivity index (χ4n) is 3.26. The van der Waals surface area contributed by atoms with E-state index in [9.17, 15) is 13.2 Å². The summed E-state index contributed by atoms with van der Waals surface area (Å²) < 4.78 is 40.6. The van der Waals surface area contributed by atoms with Gasteiger partial charge in [0, 0.05) is 13.1 Å². The summed E-state index contributed by atoms with van der Waals surface area (Å²) in [6.45, 7) is 2.09. The van der Waals surface area contributed by atoms with Crippen molar-refractivity contribution in [1.29, 1.82) is 0 Å². The van der Waals surface area contributed by atoms with E-state index in [4.69, 9.17) is 0 Å². The van der Waals surface area contributed by atoms with Crippen LogP contribution in [0.15, 0.2) is 24.3 Å². The Morgan fingerprint density at radius 2 is 2.00 bits per heavy atom. The lowest BCUT2D eigenvalue weighted by atomic mass is 9.79. The van der Waals surface area contributed by atoms with Crippen molar-refractivity contribution in [2.75, 3.05) is 13.1 Å². The highest BCUT2D eigenvalue weighted by molar-refractivity contribution is 5.85. The van der Waals surface area contributed by atoms with E-state index in [0.717, 1.165) is 37.9 Å². The fourth-order valence-corrected chi connectivity index (χ4v) is 3.26. The second-order valence-corrected chi connectivity index (χ2v) is 5.66. The number of halogens is 4. The molecular weight excluding hydrogens is 291 g/mol. The summed E-state index contributed by atoms with van der Waals surface area (Å²) in [4.78, 5) is 0. The molecule has 0 amide bonds. The van der Waals surface area contributed by atoms with E-state index < -0.39 is 6.36 Å². The first kappa shape index (κ1) is 15.4. The predicted molar refractivity (Wildman–Crippen MR) is 72.3 cm³/mol. The van der Waals surface area contributed by atoms with Crippen molar-refractivity contribution in [3.05, 3.63) is 29.8 Å². The van der Waals surface area contributed by atoms with E-state index in [1.807, 2.05) is 6.07 Å². The number of benzene rings is 1. The van der Waals surface area contributed by atoms with Crippen LogP contribution in [0.25, 0.3) is 0 Å². The molecule has 2 aliphatic rings. The van der Waals surface area contributed by atoms with Gasteiger partial charge in [-0.15, -0.1) is 25.6 Å². The molecule has 0 aromatic heterocycles. The van der Waals surface area contributed by atoms with Crippen molar-refractivity contribution in [2.24, 2.45) is 5.41 Å². The number of hydrogen-bond donors (Lipinski definition) is 1. The van der Waals surface area contributed by atoms with Crippen LogP contribution in [0, 0.1) is 5.41 Å². The van der Waals surface area contributed by atoms with Crippen molar-refractivity contribution in [1.82, 2.24) is 5.32 Å². The maximum Gasteiger partial charge on any atom is 0.573 e. The third-order valence-electron chi connectivity index (χ3n) is 4.27. The Balaban J connectivity index is 0.00000147. The summed E-state index contributed by atoms with van der Waals surface area (Å²) in [6, 6.07) is 6.43. The van der Waals surface area contributed by atoms with Crippen molar-refractivity contribution in [2.45, 2.75) is 31.5 Å². The Morgan fingerprint density at radius 1 is 1.25 bits per heavy atom. The van der Waals surface area contributed by atoms with Gasteiger partial charge in [0.1, 0.15) is 5.75 Å². The lowest BCUT2D eigenvalue weighted by molar-refractivity contribution is -0.274. The van der Waals surface area contributed by atoms with Crippen LogP contribution in [-0.4, -0.2) is 19.5 Å². The molecule has 0 unspecified atom stereocenters. The summed E-state index contributed by atoms with van der Waals surface area (Å²) in [5.41, 5.74) is 1.36. The van der Waals surface area contributed by atoms with Crippen LogP contribution in [0.1, 0.15) is 30.7 Å². The van der Waals surface area contributed by atoms with Crippen LogP contribution in [0.2, 0.25) is 0 Å². The predicted octanol–water partition coefficient (Wildman–Crippen LogP) is 3.86. The molecule has 1 aliphatic carbocycles. The van der Waals surface area contributed by atoms with Crippen LogP contribution < -0.4 is 10.1 Å². The van der Waals surface area contributed by atoms with Crippen LogP contribution in [0.5, 0.6) is 5.75 Å². The molecule has 1 heterocycles. The smallest absolute Gasteiger partial charge is 0.406 e. The maximum absolute atomic E-state index is 12.2. The molecule has 112 valence electrons. The van der Waals surface area contributed by atoms with Crippen LogP contribution in [0.3, 0.4) is 0 Å². The highest BCUT2D eigenvalue weighted by Crippen LogP contribution is 2.49. The van der Waals surface area contributed by atoms with Crippen molar-refractivity contribution >= 4 is 12.4 Å². The van der Waals surface area contributed by atoms with Gasteiger partial charge in [0.15, 0.2) is 0 Å². The van der Waals surface area contributed by atoms with Crippen LogP contribution in [-0.2, 0) is 0 Å². The first-order chi connectivity index (χ1) is 8.96. The summed E-state index contributed by atoms with van der Waals surface area (Å²) in [5, 5.41) is 3.28. The minimum absolute atomic E-state index is 0. The molecule has 0 bridgehead atoms. The highest BCUT2D eigenvalue weighted by atomic mass is 35.5. The quantitative estimate of drug-likeness (QED) is 0.895. The zero-order valence-electron chi connectivity index (χ0n) is 10.9. The number of alkyl halides is 3. The molecule has 2 fully saturated rings. The van der Waals surface area contributed by atoms with Gasteiger partial charge < -0.3 is 10.1 Å². The third-order valence-corrected chi connectivity index (χ3v) is 4.27. The lowest BCUT2D eigenvalue weighted by Gasteiger charge is -2.39. The van der Waals surface area contributed by atoms with Gasteiger partial charge in [0.25, 0.3) is 0 Å². The Hall–Kier alpha value is -0.940. The minimum Gasteiger partial charge on any atom is -0.406 e. The van der Waals surface area contributed by atoms with Crippen molar-refractivity contribution < 1.29 is 17.9 Å². The van der Waals surface area contributed by atoms with Gasteiger partial charge in [-0.25, -0.2) is 0 Å². The molecule has 3 rings (SSSR count). The average Bonchev–Trinajstić information content (AvgIpc) is 2.71. The lowest BCUT2D eigenvalue weighted by Crippen LogP contribution is -2.51. The van der Waals surface area contributed by atoms with Gasteiger partial charge in [-0.05, 0) is 48.3 Å². The first-order valence-electron chi connectivity index (χ1n) is 6.52. The van der Waals surface area contributed by atoms with Crippen LogP contribution in [0.4, 0.5) is 13.2 Å². The van der Waals surface area contributed by atoms with E-state index in [1.165, 1.54) is 12.1 Å². The number of hydrogen-bond acceptors (Lipinski definition) is 2. The molecule has 1 spiro atoms. The summed E-state index contributed by atoms with van der Waals surface area (Å²) in [6.07, 6.45) is -1.34. The van der Waals surface area contributed by atoms with E-state index >= 15 is 0 Å². The molecule has 1 aliphatic heterocycles. The number of rotatable bonds is 2. The molecule has 0 radical (unpaired) electrons. The van der Waals surface area contributed by atoms with E-state index in [0.29, 0.717) is 11.3 Å². The Labute approximate surface area is 122 Å². The molecule has 20 heavy (non-hydrogen) atoms. The minimum atomic E-state index is -4.62. The second-order valence-electron chi connectivity index (χ2n) is 5.66. The highest BCUT2D eigenvalue weighted by Gasteiger charge is 2.44. The maximum atomic E-state index is 12.2. The van der Waals surface area contributed by atoms with Gasteiger partial charge in [-0.1, -0.05) is 12.1 Å². The molecule has 1 saturated heterocycles. The average molecular weight is 308 g/mol. The topological polar surface area (TPSA) is 21.3 Å². The van der Waals surface area contributed by atoms with Gasteiger partial charge >= 0.3 is 6.36 Å². The number of nitrogens with one attached hydrogen (secondary N) is 1. The molecule has 1 saturated carbocycles. The third kappa shape index (κ3) is 3.20. The molecule has 1 aromatic rings. The zero-order valence-corrected chi connectivity index (χ0v) is 11.7.